The Labute approximate surface area is 171 Å². The van der Waals surface area contributed by atoms with E-state index >= 15 is 0 Å². The number of nitrogens with zero attached hydrogens (tertiary/aromatic N) is 2. The summed E-state index contributed by atoms with van der Waals surface area (Å²) in [5.41, 5.74) is 3.56. The highest BCUT2D eigenvalue weighted by molar-refractivity contribution is 6.04. The molecule has 0 saturated carbocycles. The largest absolute Gasteiger partial charge is 0.497 e. The van der Waals surface area contributed by atoms with E-state index in [0.29, 0.717) is 17.9 Å². The van der Waals surface area contributed by atoms with Crippen LogP contribution in [0.3, 0.4) is 0 Å². The molecule has 0 radical (unpaired) electrons. The highest BCUT2D eigenvalue weighted by atomic mass is 16.5. The van der Waals surface area contributed by atoms with Crippen molar-refractivity contribution in [2.24, 2.45) is 0 Å². The summed E-state index contributed by atoms with van der Waals surface area (Å²) in [5, 5.41) is 6.19. The zero-order valence-electron chi connectivity index (χ0n) is 17.0. The van der Waals surface area contributed by atoms with E-state index in [9.17, 15) is 4.79 Å². The molecule has 6 nitrogen and oxygen atoms in total. The maximum absolute atomic E-state index is 12.6. The molecule has 1 amide bonds. The van der Waals surface area contributed by atoms with Crippen LogP contribution < -0.4 is 20.3 Å². The smallest absolute Gasteiger partial charge is 0.255 e. The van der Waals surface area contributed by atoms with E-state index in [2.05, 4.69) is 21.7 Å². The first-order chi connectivity index (χ1) is 14.0. The molecule has 0 saturated heterocycles. The highest BCUT2D eigenvalue weighted by Gasteiger charge is 2.08. The van der Waals surface area contributed by atoms with Gasteiger partial charge < -0.3 is 20.3 Å². The van der Waals surface area contributed by atoms with Crippen LogP contribution in [0.1, 0.15) is 15.9 Å². The summed E-state index contributed by atoms with van der Waals surface area (Å²) in [6, 6.07) is 19.2. The van der Waals surface area contributed by atoms with Crippen molar-refractivity contribution in [2.45, 2.75) is 6.42 Å². The van der Waals surface area contributed by atoms with Crippen LogP contribution in [0.15, 0.2) is 66.9 Å². The molecule has 150 valence electrons. The highest BCUT2D eigenvalue weighted by Crippen LogP contribution is 2.17. The Morgan fingerprint density at radius 3 is 2.59 bits per heavy atom. The fourth-order valence-electron chi connectivity index (χ4n) is 2.88. The van der Waals surface area contributed by atoms with Gasteiger partial charge >= 0.3 is 0 Å². The summed E-state index contributed by atoms with van der Waals surface area (Å²) >= 11 is 0. The number of hydrogen-bond donors (Lipinski definition) is 2. The Balaban J connectivity index is 1.57. The van der Waals surface area contributed by atoms with Gasteiger partial charge in [0.2, 0.25) is 0 Å². The first kappa shape index (κ1) is 20.2. The number of amides is 1. The van der Waals surface area contributed by atoms with Crippen LogP contribution >= 0.6 is 0 Å². The van der Waals surface area contributed by atoms with Gasteiger partial charge in [-0.3, -0.25) is 4.79 Å². The van der Waals surface area contributed by atoms with Gasteiger partial charge in [-0.1, -0.05) is 12.1 Å². The molecular weight excluding hydrogens is 364 g/mol. The number of methoxy groups -OCH3 is 1. The Kier molecular flexibility index (Phi) is 6.68. The molecule has 2 aromatic carbocycles. The van der Waals surface area contributed by atoms with Crippen molar-refractivity contribution in [3.8, 4) is 5.75 Å². The van der Waals surface area contributed by atoms with E-state index in [1.54, 1.807) is 25.4 Å². The molecule has 0 fully saturated rings. The number of aromatic nitrogens is 1. The van der Waals surface area contributed by atoms with Gasteiger partial charge in [0.15, 0.2) is 0 Å². The maximum Gasteiger partial charge on any atom is 0.255 e. The van der Waals surface area contributed by atoms with Gasteiger partial charge in [-0.05, 0) is 60.5 Å². The van der Waals surface area contributed by atoms with E-state index in [1.165, 1.54) is 5.56 Å². The number of benzene rings is 2. The lowest BCUT2D eigenvalue weighted by molar-refractivity contribution is 0.102. The van der Waals surface area contributed by atoms with Gasteiger partial charge in [-0.2, -0.15) is 0 Å². The van der Waals surface area contributed by atoms with E-state index in [4.69, 9.17) is 4.74 Å². The second kappa shape index (κ2) is 9.59. The maximum atomic E-state index is 12.6. The summed E-state index contributed by atoms with van der Waals surface area (Å²) in [6.07, 6.45) is 2.46. The zero-order valence-corrected chi connectivity index (χ0v) is 17.0. The molecule has 3 aromatic rings. The minimum absolute atomic E-state index is 0.166. The summed E-state index contributed by atoms with van der Waals surface area (Å²) in [5.74, 6) is 1.35. The van der Waals surface area contributed by atoms with Gasteiger partial charge in [0.1, 0.15) is 11.6 Å². The molecule has 0 spiro atoms. The summed E-state index contributed by atoms with van der Waals surface area (Å²) in [6.45, 7) is 0.706. The van der Waals surface area contributed by atoms with Crippen molar-refractivity contribution in [3.63, 3.8) is 0 Å². The van der Waals surface area contributed by atoms with Crippen LogP contribution in [0, 0.1) is 0 Å². The minimum Gasteiger partial charge on any atom is -0.497 e. The predicted molar refractivity (Wildman–Crippen MR) is 118 cm³/mol. The van der Waals surface area contributed by atoms with E-state index in [0.717, 1.165) is 23.5 Å². The Bertz CT molecular complexity index is 955. The minimum atomic E-state index is -0.166. The van der Waals surface area contributed by atoms with Crippen LogP contribution in [-0.2, 0) is 6.42 Å². The lowest BCUT2D eigenvalue weighted by Gasteiger charge is -2.13. The molecule has 6 heteroatoms. The van der Waals surface area contributed by atoms with Crippen molar-refractivity contribution in [1.29, 1.82) is 0 Å². The Morgan fingerprint density at radius 2 is 1.86 bits per heavy atom. The van der Waals surface area contributed by atoms with Crippen molar-refractivity contribution in [1.82, 2.24) is 4.98 Å². The molecule has 29 heavy (non-hydrogen) atoms. The van der Waals surface area contributed by atoms with Crippen LogP contribution in [0.2, 0.25) is 0 Å². The molecule has 0 unspecified atom stereocenters. The number of pyridine rings is 1. The second-order valence-electron chi connectivity index (χ2n) is 6.85. The number of anilines is 3. The van der Waals surface area contributed by atoms with Crippen molar-refractivity contribution in [2.75, 3.05) is 43.3 Å². The van der Waals surface area contributed by atoms with Crippen molar-refractivity contribution >= 4 is 23.1 Å². The first-order valence-corrected chi connectivity index (χ1v) is 9.47. The Morgan fingerprint density at radius 1 is 1.07 bits per heavy atom. The number of rotatable bonds is 8. The van der Waals surface area contributed by atoms with E-state index in [-0.39, 0.29) is 5.91 Å². The van der Waals surface area contributed by atoms with Crippen molar-refractivity contribution < 1.29 is 9.53 Å². The lowest BCUT2D eigenvalue weighted by atomic mass is 10.1. The molecule has 1 aromatic heterocycles. The van der Waals surface area contributed by atoms with Gasteiger partial charge in [-0.15, -0.1) is 0 Å². The molecule has 1 heterocycles. The molecule has 2 N–H and O–H groups in total. The second-order valence-corrected chi connectivity index (χ2v) is 6.85. The summed E-state index contributed by atoms with van der Waals surface area (Å²) in [7, 11) is 5.62. The lowest BCUT2D eigenvalue weighted by Crippen LogP contribution is -2.14. The fraction of sp³-hybridized carbons (Fsp3) is 0.217. The van der Waals surface area contributed by atoms with Crippen LogP contribution in [0.5, 0.6) is 5.75 Å². The first-order valence-electron chi connectivity index (χ1n) is 9.47. The van der Waals surface area contributed by atoms with Crippen molar-refractivity contribution in [3.05, 3.63) is 78.0 Å². The number of carbonyl (C=O) groups is 1. The van der Waals surface area contributed by atoms with Gasteiger partial charge in [0, 0.05) is 43.8 Å². The van der Waals surface area contributed by atoms with E-state index < -0.39 is 0 Å². The number of hydrogen-bond acceptors (Lipinski definition) is 5. The molecule has 0 aliphatic carbocycles. The molecule has 0 bridgehead atoms. The predicted octanol–water partition coefficient (Wildman–Crippen LogP) is 4.06. The summed E-state index contributed by atoms with van der Waals surface area (Å²) in [4.78, 5) is 18.9. The quantitative estimate of drug-likeness (QED) is 0.607. The average Bonchev–Trinajstić information content (AvgIpc) is 2.74. The van der Waals surface area contributed by atoms with Gasteiger partial charge in [0.05, 0.1) is 7.11 Å². The van der Waals surface area contributed by atoms with Gasteiger partial charge in [-0.25, -0.2) is 4.98 Å². The Hall–Kier alpha value is -3.54. The average molecular weight is 390 g/mol. The van der Waals surface area contributed by atoms with Crippen LogP contribution in [0.4, 0.5) is 17.2 Å². The molecule has 0 aliphatic rings. The normalized spacial score (nSPS) is 10.3. The van der Waals surface area contributed by atoms with Crippen LogP contribution in [0.25, 0.3) is 0 Å². The fourth-order valence-corrected chi connectivity index (χ4v) is 2.88. The molecule has 0 aliphatic heterocycles. The number of carbonyl (C=O) groups excluding carboxylic acids is 1. The van der Waals surface area contributed by atoms with Gasteiger partial charge in [0.25, 0.3) is 5.91 Å². The third kappa shape index (κ3) is 5.72. The number of nitrogens with one attached hydrogen (secondary N) is 2. The standard InChI is InChI=1S/C23H26N4O2/c1-27(2)20-9-7-19(8-10-20)26-23(28)18-12-14-25-22(16-18)24-13-11-17-5-4-6-21(15-17)29-3/h4-10,12,14-16H,11,13H2,1-3H3,(H,24,25)(H,26,28). The molecular formula is C23H26N4O2. The topological polar surface area (TPSA) is 66.5 Å². The third-order valence-electron chi connectivity index (χ3n) is 4.52. The summed E-state index contributed by atoms with van der Waals surface area (Å²) < 4.78 is 5.25. The monoisotopic (exact) mass is 390 g/mol. The van der Waals surface area contributed by atoms with E-state index in [1.807, 2.05) is 61.5 Å². The molecule has 0 atom stereocenters. The number of ether oxygens (including phenoxy) is 1. The molecule has 3 rings (SSSR count). The van der Waals surface area contributed by atoms with Crippen LogP contribution in [-0.4, -0.2) is 38.6 Å². The third-order valence-corrected chi connectivity index (χ3v) is 4.52. The zero-order chi connectivity index (χ0) is 20.6. The SMILES string of the molecule is COc1cccc(CCNc2cc(C(=O)Nc3ccc(N(C)C)cc3)ccn2)c1.